The predicted molar refractivity (Wildman–Crippen MR) is 90.2 cm³/mol. The van der Waals surface area contributed by atoms with Crippen molar-refractivity contribution >= 4 is 17.5 Å². The quantitative estimate of drug-likeness (QED) is 0.755. The Kier molecular flexibility index (Phi) is 4.76. The number of nitrogens with one attached hydrogen (secondary N) is 2. The number of aromatic nitrogens is 2. The van der Waals surface area contributed by atoms with Gasteiger partial charge in [-0.15, -0.1) is 0 Å². The van der Waals surface area contributed by atoms with Gasteiger partial charge in [-0.05, 0) is 17.7 Å². The third kappa shape index (κ3) is 3.92. The lowest BCUT2D eigenvalue weighted by atomic mass is 10.2. The average molecular weight is 322 g/mol. The second-order valence-electron chi connectivity index (χ2n) is 5.07. The van der Waals surface area contributed by atoms with E-state index in [1.54, 1.807) is 12.1 Å². The number of carbonyl (C=O) groups excluding carboxylic acids is 1. The Hall–Kier alpha value is -3.28. The summed E-state index contributed by atoms with van der Waals surface area (Å²) in [6.45, 7) is 0.585. The smallest absolute Gasteiger partial charge is 0.258 e. The summed E-state index contributed by atoms with van der Waals surface area (Å²) in [6, 6.07) is 15.8. The highest BCUT2D eigenvalue weighted by Gasteiger charge is 2.10. The zero-order valence-electron chi connectivity index (χ0n) is 12.7. The lowest BCUT2D eigenvalue weighted by Crippen LogP contribution is -2.14. The molecule has 3 rings (SSSR count). The third-order valence-corrected chi connectivity index (χ3v) is 3.33. The minimum Gasteiger partial charge on any atom is -0.350 e. The Morgan fingerprint density at radius 1 is 0.958 bits per heavy atom. The van der Waals surface area contributed by atoms with Crippen molar-refractivity contribution in [2.24, 2.45) is 0 Å². The van der Waals surface area contributed by atoms with Crippen LogP contribution in [0.15, 0.2) is 67.0 Å². The number of hydrogen-bond acceptors (Lipinski definition) is 4. The summed E-state index contributed by atoms with van der Waals surface area (Å²) < 4.78 is 13.5. The molecule has 5 nitrogen and oxygen atoms in total. The molecule has 3 aromatic rings. The zero-order chi connectivity index (χ0) is 16.8. The Morgan fingerprint density at radius 2 is 1.62 bits per heavy atom. The normalized spacial score (nSPS) is 10.2. The molecule has 1 heterocycles. The van der Waals surface area contributed by atoms with Gasteiger partial charge < -0.3 is 10.6 Å². The molecule has 0 radical (unpaired) electrons. The van der Waals surface area contributed by atoms with Gasteiger partial charge in [-0.25, -0.2) is 14.4 Å². The predicted octanol–water partition coefficient (Wildman–Crippen LogP) is 3.48. The molecule has 1 amide bonds. The molecule has 0 atom stereocenters. The second-order valence-corrected chi connectivity index (χ2v) is 5.07. The summed E-state index contributed by atoms with van der Waals surface area (Å²) in [5, 5.41) is 5.56. The van der Waals surface area contributed by atoms with Crippen molar-refractivity contribution in [3.05, 3.63) is 83.9 Å². The van der Waals surface area contributed by atoms with E-state index in [-0.39, 0.29) is 11.3 Å². The molecule has 0 aliphatic heterocycles. The Labute approximate surface area is 138 Å². The first-order valence-corrected chi connectivity index (χ1v) is 7.38. The van der Waals surface area contributed by atoms with E-state index >= 15 is 0 Å². The van der Waals surface area contributed by atoms with Gasteiger partial charge in [-0.2, -0.15) is 0 Å². The van der Waals surface area contributed by atoms with Crippen LogP contribution >= 0.6 is 0 Å². The molecular formula is C18H15FN4O. The summed E-state index contributed by atoms with van der Waals surface area (Å²) >= 11 is 0. The van der Waals surface area contributed by atoms with E-state index in [2.05, 4.69) is 20.6 Å². The number of halogens is 1. The van der Waals surface area contributed by atoms with Gasteiger partial charge in [0.15, 0.2) is 0 Å². The zero-order valence-corrected chi connectivity index (χ0v) is 12.7. The van der Waals surface area contributed by atoms with Crippen LogP contribution in [-0.2, 0) is 6.54 Å². The highest BCUT2D eigenvalue weighted by molar-refractivity contribution is 6.03. The van der Waals surface area contributed by atoms with Gasteiger partial charge in [0.25, 0.3) is 5.91 Å². The highest BCUT2D eigenvalue weighted by atomic mass is 19.1. The van der Waals surface area contributed by atoms with Crippen LogP contribution in [0.5, 0.6) is 0 Å². The molecule has 0 unspecified atom stereocenters. The molecule has 24 heavy (non-hydrogen) atoms. The summed E-state index contributed by atoms with van der Waals surface area (Å²) in [6.07, 6.45) is 2.80. The van der Waals surface area contributed by atoms with Gasteiger partial charge in [0, 0.05) is 18.9 Å². The Balaban J connectivity index is 1.61. The van der Waals surface area contributed by atoms with E-state index in [0.717, 1.165) is 5.56 Å². The van der Waals surface area contributed by atoms with Crippen molar-refractivity contribution in [2.45, 2.75) is 6.54 Å². The van der Waals surface area contributed by atoms with Crippen LogP contribution in [0.3, 0.4) is 0 Å². The van der Waals surface area contributed by atoms with Crippen LogP contribution in [0.1, 0.15) is 15.9 Å². The molecule has 0 aliphatic rings. The van der Waals surface area contributed by atoms with E-state index in [4.69, 9.17) is 0 Å². The number of benzene rings is 2. The van der Waals surface area contributed by atoms with Crippen molar-refractivity contribution in [1.29, 1.82) is 0 Å². The summed E-state index contributed by atoms with van der Waals surface area (Å²) in [5.74, 6) is -0.538. The van der Waals surface area contributed by atoms with Crippen LogP contribution < -0.4 is 10.6 Å². The number of anilines is 2. The van der Waals surface area contributed by atoms with Crippen molar-refractivity contribution in [2.75, 3.05) is 10.6 Å². The van der Waals surface area contributed by atoms with Crippen LogP contribution in [0.2, 0.25) is 0 Å². The lowest BCUT2D eigenvalue weighted by Gasteiger charge is -2.07. The molecule has 2 aromatic carbocycles. The maximum absolute atomic E-state index is 13.5. The molecule has 1 aromatic heterocycles. The van der Waals surface area contributed by atoms with E-state index in [9.17, 15) is 9.18 Å². The number of rotatable bonds is 5. The van der Waals surface area contributed by atoms with Gasteiger partial charge >= 0.3 is 0 Å². The highest BCUT2D eigenvalue weighted by Crippen LogP contribution is 2.14. The fraction of sp³-hybridized carbons (Fsp3) is 0.0556. The van der Waals surface area contributed by atoms with E-state index in [1.807, 2.05) is 30.3 Å². The topological polar surface area (TPSA) is 66.9 Å². The van der Waals surface area contributed by atoms with Crippen molar-refractivity contribution in [3.63, 3.8) is 0 Å². The largest absolute Gasteiger partial charge is 0.350 e. The van der Waals surface area contributed by atoms with Gasteiger partial charge in [0.1, 0.15) is 5.82 Å². The molecule has 0 bridgehead atoms. The van der Waals surface area contributed by atoms with Crippen LogP contribution in [0.25, 0.3) is 0 Å². The molecule has 0 saturated carbocycles. The van der Waals surface area contributed by atoms with Gasteiger partial charge in [0.05, 0.1) is 11.3 Å². The fourth-order valence-corrected chi connectivity index (χ4v) is 2.07. The van der Waals surface area contributed by atoms with Crippen molar-refractivity contribution < 1.29 is 9.18 Å². The molecule has 120 valence electrons. The molecular weight excluding hydrogens is 307 g/mol. The maximum atomic E-state index is 13.5. The first-order valence-electron chi connectivity index (χ1n) is 7.38. The minimum absolute atomic E-state index is 0.119. The average Bonchev–Trinajstić information content (AvgIpc) is 2.63. The number of nitrogens with zero attached hydrogens (tertiary/aromatic N) is 2. The minimum atomic E-state index is -0.493. The number of amides is 1. The maximum Gasteiger partial charge on any atom is 0.258 e. The monoisotopic (exact) mass is 322 g/mol. The summed E-state index contributed by atoms with van der Waals surface area (Å²) in [4.78, 5) is 20.3. The molecule has 0 spiro atoms. The lowest BCUT2D eigenvalue weighted by molar-refractivity contribution is 0.102. The van der Waals surface area contributed by atoms with Gasteiger partial charge in [0.2, 0.25) is 5.95 Å². The van der Waals surface area contributed by atoms with E-state index in [0.29, 0.717) is 12.5 Å². The molecule has 2 N–H and O–H groups in total. The Morgan fingerprint density at radius 3 is 2.33 bits per heavy atom. The first-order chi connectivity index (χ1) is 11.7. The number of hydrogen-bond donors (Lipinski definition) is 2. The van der Waals surface area contributed by atoms with Crippen LogP contribution in [-0.4, -0.2) is 15.9 Å². The summed E-state index contributed by atoms with van der Waals surface area (Å²) in [5.41, 5.74) is 1.47. The number of carbonyl (C=O) groups is 1. The molecule has 6 heteroatoms. The SMILES string of the molecule is O=C(Nc1ccccc1F)c1cnc(NCc2ccccc2)nc1. The summed E-state index contributed by atoms with van der Waals surface area (Å²) in [7, 11) is 0. The fourth-order valence-electron chi connectivity index (χ4n) is 2.07. The van der Waals surface area contributed by atoms with E-state index < -0.39 is 11.7 Å². The molecule has 0 fully saturated rings. The Bertz CT molecular complexity index is 822. The molecule has 0 aliphatic carbocycles. The third-order valence-electron chi connectivity index (χ3n) is 3.33. The van der Waals surface area contributed by atoms with Gasteiger partial charge in [-0.3, -0.25) is 4.79 Å². The van der Waals surface area contributed by atoms with Crippen LogP contribution in [0, 0.1) is 5.82 Å². The second kappa shape index (κ2) is 7.32. The first kappa shape index (κ1) is 15.6. The van der Waals surface area contributed by atoms with Crippen LogP contribution in [0.4, 0.5) is 16.0 Å². The molecule has 0 saturated heterocycles. The van der Waals surface area contributed by atoms with Crippen molar-refractivity contribution in [1.82, 2.24) is 9.97 Å². The van der Waals surface area contributed by atoms with Gasteiger partial charge in [-0.1, -0.05) is 42.5 Å². The van der Waals surface area contributed by atoms with E-state index in [1.165, 1.54) is 24.5 Å². The standard InChI is InChI=1S/C18H15FN4O/c19-15-8-4-5-9-16(15)23-17(24)14-11-21-18(22-12-14)20-10-13-6-2-1-3-7-13/h1-9,11-12H,10H2,(H,23,24)(H,20,21,22). The number of para-hydroxylation sites is 1. The van der Waals surface area contributed by atoms with Crippen molar-refractivity contribution in [3.8, 4) is 0 Å².